The molecule has 0 spiro atoms. The van der Waals surface area contributed by atoms with Crippen molar-refractivity contribution in [1.29, 1.82) is 0 Å². The Kier molecular flexibility index (Phi) is 11.1. The van der Waals surface area contributed by atoms with Gasteiger partial charge in [0, 0.05) is 6.42 Å². The van der Waals surface area contributed by atoms with Crippen molar-refractivity contribution in [2.45, 2.75) is 111 Å². The van der Waals surface area contributed by atoms with E-state index in [-0.39, 0.29) is 0 Å². The van der Waals surface area contributed by atoms with Crippen molar-refractivity contribution in [3.8, 4) is 0 Å². The summed E-state index contributed by atoms with van der Waals surface area (Å²) in [5, 5.41) is 0. The van der Waals surface area contributed by atoms with Crippen molar-refractivity contribution in [2.75, 3.05) is 0 Å². The lowest BCUT2D eigenvalue weighted by Crippen LogP contribution is -2.37. The molecule has 0 atom stereocenters. The maximum absolute atomic E-state index is 2.50. The minimum atomic E-state index is 1.10. The first-order valence-electron chi connectivity index (χ1n) is 9.90. The number of aryl methyl sites for hydroxylation is 2. The van der Waals surface area contributed by atoms with E-state index >= 15 is 0 Å². The van der Waals surface area contributed by atoms with E-state index in [1.807, 2.05) is 0 Å². The van der Waals surface area contributed by atoms with E-state index in [0.717, 1.165) is 6.54 Å². The smallest absolute Gasteiger partial charge is 0.235 e. The molecule has 2 nitrogen and oxygen atoms in total. The van der Waals surface area contributed by atoms with Gasteiger partial charge in [-0.3, -0.25) is 0 Å². The summed E-state index contributed by atoms with van der Waals surface area (Å²) in [6, 6.07) is 0. The fraction of sp³-hybridized carbons (Fsp3) is 0.850. The van der Waals surface area contributed by atoms with Crippen LogP contribution in [0.1, 0.15) is 97.2 Å². The molecule has 128 valence electrons. The lowest BCUT2D eigenvalue weighted by molar-refractivity contribution is -0.704. The zero-order valence-electron chi connectivity index (χ0n) is 15.4. The van der Waals surface area contributed by atoms with Gasteiger partial charge >= 0.3 is 0 Å². The van der Waals surface area contributed by atoms with Crippen molar-refractivity contribution in [2.24, 2.45) is 0 Å². The second-order valence-corrected chi connectivity index (χ2v) is 6.63. The number of aromatic nitrogens is 2. The van der Waals surface area contributed by atoms with Gasteiger partial charge in [0.1, 0.15) is 12.4 Å². The summed E-state index contributed by atoms with van der Waals surface area (Å²) < 4.78 is 4.94. The van der Waals surface area contributed by atoms with Crippen LogP contribution in [-0.4, -0.2) is 4.57 Å². The maximum Gasteiger partial charge on any atom is 0.256 e. The van der Waals surface area contributed by atoms with E-state index in [1.165, 1.54) is 83.6 Å². The van der Waals surface area contributed by atoms with Gasteiger partial charge in [0.15, 0.2) is 0 Å². The van der Waals surface area contributed by atoms with Crippen molar-refractivity contribution in [1.82, 2.24) is 4.57 Å². The quantitative estimate of drug-likeness (QED) is 0.309. The summed E-state index contributed by atoms with van der Waals surface area (Å²) in [5.41, 5.74) is 0. The fourth-order valence-electron chi connectivity index (χ4n) is 3.23. The van der Waals surface area contributed by atoms with E-state index < -0.39 is 0 Å². The van der Waals surface area contributed by atoms with Crippen LogP contribution in [0.25, 0.3) is 0 Å². The van der Waals surface area contributed by atoms with Crippen LogP contribution in [0.15, 0.2) is 12.4 Å². The number of nitrogens with zero attached hydrogens (tertiary/aromatic N) is 2. The fourth-order valence-corrected chi connectivity index (χ4v) is 3.23. The van der Waals surface area contributed by atoms with Crippen molar-refractivity contribution >= 4 is 0 Å². The van der Waals surface area contributed by atoms with Gasteiger partial charge in [-0.2, -0.15) is 0 Å². The zero-order valence-corrected chi connectivity index (χ0v) is 15.4. The van der Waals surface area contributed by atoms with Crippen LogP contribution in [0.4, 0.5) is 0 Å². The van der Waals surface area contributed by atoms with Gasteiger partial charge in [-0.25, -0.2) is 9.13 Å². The van der Waals surface area contributed by atoms with Crippen LogP contribution >= 0.6 is 0 Å². The molecule has 0 saturated carbocycles. The third kappa shape index (κ3) is 7.47. The molecule has 0 aliphatic rings. The molecule has 0 unspecified atom stereocenters. The molecule has 0 radical (unpaired) electrons. The minimum absolute atomic E-state index is 1.10. The maximum atomic E-state index is 2.50. The van der Waals surface area contributed by atoms with Crippen molar-refractivity contribution < 1.29 is 4.57 Å². The first kappa shape index (κ1) is 19.3. The molecular formula is C20H39N2+. The van der Waals surface area contributed by atoms with Gasteiger partial charge in [0.05, 0.1) is 13.1 Å². The Hall–Kier alpha value is -0.790. The first-order chi connectivity index (χ1) is 10.8. The molecule has 1 aromatic heterocycles. The molecule has 1 aromatic rings. The molecule has 0 aliphatic heterocycles. The van der Waals surface area contributed by atoms with Gasteiger partial charge in [0.25, 0.3) is 5.82 Å². The molecule has 0 fully saturated rings. The molecule has 0 bridgehead atoms. The number of imidazole rings is 1. The standard InChI is InChI=1S/C20H39N2/c1-4-7-9-10-11-12-13-14-16-20-21(6-3)18-19-22(20)17-15-8-5-2/h18-19H,4-17H2,1-3H3/q+1. The average molecular weight is 308 g/mol. The number of hydrogen-bond donors (Lipinski definition) is 0. The van der Waals surface area contributed by atoms with E-state index in [9.17, 15) is 0 Å². The Labute approximate surface area is 138 Å². The molecule has 0 saturated heterocycles. The van der Waals surface area contributed by atoms with Crippen LogP contribution in [0.5, 0.6) is 0 Å². The summed E-state index contributed by atoms with van der Waals surface area (Å²) in [4.78, 5) is 0. The highest BCUT2D eigenvalue weighted by Gasteiger charge is 2.14. The third-order valence-electron chi connectivity index (χ3n) is 4.69. The van der Waals surface area contributed by atoms with E-state index in [4.69, 9.17) is 0 Å². The number of hydrogen-bond acceptors (Lipinski definition) is 0. The molecule has 22 heavy (non-hydrogen) atoms. The van der Waals surface area contributed by atoms with Gasteiger partial charge < -0.3 is 0 Å². The summed E-state index contributed by atoms with van der Waals surface area (Å²) in [5.74, 6) is 1.55. The number of rotatable bonds is 14. The second kappa shape index (κ2) is 12.7. The Morgan fingerprint density at radius 2 is 1.36 bits per heavy atom. The lowest BCUT2D eigenvalue weighted by atomic mass is 10.1. The predicted octanol–water partition coefficient (Wildman–Crippen LogP) is 5.67. The molecule has 1 rings (SSSR count). The highest BCUT2D eigenvalue weighted by Crippen LogP contribution is 2.10. The zero-order chi connectivity index (χ0) is 16.0. The van der Waals surface area contributed by atoms with Crippen molar-refractivity contribution in [3.05, 3.63) is 18.2 Å². The molecular weight excluding hydrogens is 268 g/mol. The van der Waals surface area contributed by atoms with E-state index in [2.05, 4.69) is 42.3 Å². The monoisotopic (exact) mass is 307 g/mol. The Morgan fingerprint density at radius 3 is 2.00 bits per heavy atom. The van der Waals surface area contributed by atoms with Gasteiger partial charge in [-0.15, -0.1) is 0 Å². The number of unbranched alkanes of at least 4 members (excludes halogenated alkanes) is 9. The van der Waals surface area contributed by atoms with Crippen LogP contribution in [0, 0.1) is 0 Å². The molecule has 0 amide bonds. The normalized spacial score (nSPS) is 11.2. The van der Waals surface area contributed by atoms with Gasteiger partial charge in [-0.05, 0) is 26.2 Å². The summed E-state index contributed by atoms with van der Waals surface area (Å²) in [7, 11) is 0. The second-order valence-electron chi connectivity index (χ2n) is 6.63. The van der Waals surface area contributed by atoms with Gasteiger partial charge in [-0.1, -0.05) is 65.2 Å². The summed E-state index contributed by atoms with van der Waals surface area (Å²) >= 11 is 0. The molecule has 1 heterocycles. The molecule has 0 N–H and O–H groups in total. The van der Waals surface area contributed by atoms with Gasteiger partial charge in [0.2, 0.25) is 0 Å². The topological polar surface area (TPSA) is 8.81 Å². The minimum Gasteiger partial charge on any atom is -0.235 e. The van der Waals surface area contributed by atoms with Crippen LogP contribution < -0.4 is 4.57 Å². The molecule has 0 aliphatic carbocycles. The first-order valence-corrected chi connectivity index (χ1v) is 9.90. The Bertz CT molecular complexity index is 368. The van der Waals surface area contributed by atoms with E-state index in [0.29, 0.717) is 0 Å². The van der Waals surface area contributed by atoms with Crippen LogP contribution in [-0.2, 0) is 19.5 Å². The van der Waals surface area contributed by atoms with Crippen molar-refractivity contribution in [3.63, 3.8) is 0 Å². The molecule has 0 aromatic carbocycles. The van der Waals surface area contributed by atoms with E-state index in [1.54, 1.807) is 5.82 Å². The summed E-state index contributed by atoms with van der Waals surface area (Å²) in [6.07, 6.45) is 21.0. The van der Waals surface area contributed by atoms with Crippen LogP contribution in [0.2, 0.25) is 0 Å². The average Bonchev–Trinajstić information content (AvgIpc) is 2.92. The SMILES string of the molecule is CCCCCCCCCCc1n(CC)cc[n+]1CCCCC. The Balaban J connectivity index is 2.26. The highest BCUT2D eigenvalue weighted by atomic mass is 15.1. The predicted molar refractivity (Wildman–Crippen MR) is 96.1 cm³/mol. The van der Waals surface area contributed by atoms with Crippen LogP contribution in [0.3, 0.4) is 0 Å². The molecule has 2 heteroatoms. The third-order valence-corrected chi connectivity index (χ3v) is 4.69. The highest BCUT2D eigenvalue weighted by molar-refractivity contribution is 4.83. The Morgan fingerprint density at radius 1 is 0.773 bits per heavy atom. The summed E-state index contributed by atoms with van der Waals surface area (Å²) in [6.45, 7) is 9.13. The largest absolute Gasteiger partial charge is 0.256 e. The lowest BCUT2D eigenvalue weighted by Gasteiger charge is -2.05.